The van der Waals surface area contributed by atoms with Gasteiger partial charge < -0.3 is 9.64 Å². The minimum Gasteiger partial charge on any atom is -0.464 e. The molecule has 0 saturated heterocycles. The molecule has 0 bridgehead atoms. The molecule has 0 N–H and O–H groups in total. The minimum absolute atomic E-state index is 0.0595. The van der Waals surface area contributed by atoms with Crippen LogP contribution in [0.15, 0.2) is 47.2 Å². The van der Waals surface area contributed by atoms with Crippen LogP contribution in [0.3, 0.4) is 0 Å². The molecule has 0 aliphatic carbocycles. The quantitative estimate of drug-likeness (QED) is 0.375. The number of carbonyl (C=O) groups is 1. The summed E-state index contributed by atoms with van der Waals surface area (Å²) in [5.74, 6) is -0.124. The molecule has 0 aliphatic heterocycles. The average molecular weight is 463 g/mol. The minimum atomic E-state index is -0.512. The maximum Gasteiger partial charge on any atom is 0.311 e. The fourth-order valence-corrected chi connectivity index (χ4v) is 3.14. The molecule has 11 heteroatoms. The van der Waals surface area contributed by atoms with Gasteiger partial charge in [0.15, 0.2) is 18.2 Å². The summed E-state index contributed by atoms with van der Waals surface area (Å²) in [5, 5.41) is 19.5. The molecule has 2 aromatic heterocycles. The maximum absolute atomic E-state index is 12.7. The fraction of sp³-hybridized carbons (Fsp3) is 0.278. The molecule has 1 aromatic carbocycles. The van der Waals surface area contributed by atoms with E-state index in [4.69, 9.17) is 4.74 Å². The van der Waals surface area contributed by atoms with Gasteiger partial charge in [-0.3, -0.25) is 19.6 Å². The van der Waals surface area contributed by atoms with Crippen LogP contribution in [0.5, 0.6) is 5.75 Å². The number of hydrogen-bond acceptors (Lipinski definition) is 6. The second-order valence-corrected chi connectivity index (χ2v) is 7.01. The monoisotopic (exact) mass is 462 g/mol. The molecule has 3 aromatic rings. The van der Waals surface area contributed by atoms with E-state index in [1.807, 2.05) is 11.6 Å². The number of hydrogen-bond donors (Lipinski definition) is 0. The predicted molar refractivity (Wildman–Crippen MR) is 107 cm³/mol. The Kier molecular flexibility index (Phi) is 6.27. The van der Waals surface area contributed by atoms with Crippen LogP contribution in [0.25, 0.3) is 0 Å². The lowest BCUT2D eigenvalue weighted by Crippen LogP contribution is -2.28. The second-order valence-electron chi connectivity index (χ2n) is 6.15. The molecule has 152 valence electrons. The summed E-state index contributed by atoms with van der Waals surface area (Å²) in [6, 6.07) is 7.66. The molecule has 0 radical (unpaired) electrons. The number of halogens is 1. The number of ether oxygens (including phenoxy) is 1. The largest absolute Gasteiger partial charge is 0.464 e. The number of amides is 1. The molecule has 10 nitrogen and oxygen atoms in total. The zero-order valence-corrected chi connectivity index (χ0v) is 17.4. The molecule has 0 unspecified atom stereocenters. The summed E-state index contributed by atoms with van der Waals surface area (Å²) in [4.78, 5) is 24.8. The van der Waals surface area contributed by atoms with Crippen molar-refractivity contribution < 1.29 is 14.5 Å². The Balaban J connectivity index is 1.65. The van der Waals surface area contributed by atoms with Gasteiger partial charge in [-0.05, 0) is 35.0 Å². The van der Waals surface area contributed by atoms with Crippen molar-refractivity contribution in [3.8, 4) is 5.75 Å². The van der Waals surface area contributed by atoms with E-state index in [1.54, 1.807) is 42.5 Å². The van der Waals surface area contributed by atoms with E-state index in [0.29, 0.717) is 13.1 Å². The van der Waals surface area contributed by atoms with Crippen molar-refractivity contribution in [2.45, 2.75) is 26.7 Å². The molecule has 1 amide bonds. The number of nitro groups is 1. The summed E-state index contributed by atoms with van der Waals surface area (Å²) < 4.78 is 9.54. The van der Waals surface area contributed by atoms with Crippen LogP contribution < -0.4 is 4.74 Å². The highest BCUT2D eigenvalue weighted by molar-refractivity contribution is 9.10. The van der Waals surface area contributed by atoms with E-state index < -0.39 is 4.92 Å². The molecule has 29 heavy (non-hydrogen) atoms. The Morgan fingerprint density at radius 2 is 2.10 bits per heavy atom. The number of aryl methyl sites for hydroxylation is 1. The molecule has 0 fully saturated rings. The number of carbonyl (C=O) groups excluding carboxylic acids is 1. The van der Waals surface area contributed by atoms with Gasteiger partial charge in [0.1, 0.15) is 0 Å². The van der Waals surface area contributed by atoms with Crippen molar-refractivity contribution in [1.82, 2.24) is 24.5 Å². The zero-order chi connectivity index (χ0) is 21.0. The molecular weight excluding hydrogens is 444 g/mol. The van der Waals surface area contributed by atoms with Crippen molar-refractivity contribution >= 4 is 27.5 Å². The first-order valence-corrected chi connectivity index (χ1v) is 9.55. The fourth-order valence-electron chi connectivity index (χ4n) is 2.72. The van der Waals surface area contributed by atoms with Crippen LogP contribution in [0.1, 0.15) is 23.1 Å². The number of rotatable bonds is 8. The summed E-state index contributed by atoms with van der Waals surface area (Å²) in [5.41, 5.74) is 1.01. The maximum atomic E-state index is 12.7. The van der Waals surface area contributed by atoms with Gasteiger partial charge in [-0.15, -0.1) is 0 Å². The van der Waals surface area contributed by atoms with Crippen molar-refractivity contribution in [3.05, 3.63) is 68.7 Å². The number of aromatic nitrogens is 4. The second kappa shape index (κ2) is 8.86. The first-order valence-electron chi connectivity index (χ1n) is 8.76. The number of nitro benzene ring substituents is 1. The zero-order valence-electron chi connectivity index (χ0n) is 15.9. The van der Waals surface area contributed by atoms with E-state index in [0.717, 1.165) is 10.2 Å². The number of para-hydroxylation sites is 2. The number of benzene rings is 1. The summed E-state index contributed by atoms with van der Waals surface area (Å²) in [7, 11) is 1.69. The van der Waals surface area contributed by atoms with Gasteiger partial charge in [0.2, 0.25) is 0 Å². The third kappa shape index (κ3) is 4.62. The van der Waals surface area contributed by atoms with Crippen LogP contribution in [-0.2, 0) is 19.8 Å². The Hall–Kier alpha value is -3.21. The van der Waals surface area contributed by atoms with Gasteiger partial charge >= 0.3 is 5.69 Å². The van der Waals surface area contributed by atoms with Crippen LogP contribution in [-0.4, -0.2) is 42.3 Å². The van der Waals surface area contributed by atoms with Gasteiger partial charge in [0.05, 0.1) is 27.8 Å². The highest BCUT2D eigenvalue weighted by atomic mass is 79.9. The Labute approximate surface area is 175 Å². The smallest absolute Gasteiger partial charge is 0.311 e. The van der Waals surface area contributed by atoms with Crippen LogP contribution in [0, 0.1) is 10.1 Å². The van der Waals surface area contributed by atoms with Gasteiger partial charge in [-0.25, -0.2) is 4.68 Å². The van der Waals surface area contributed by atoms with Crippen LogP contribution in [0.4, 0.5) is 5.69 Å². The summed E-state index contributed by atoms with van der Waals surface area (Å²) in [6.07, 6.45) is 3.29. The van der Waals surface area contributed by atoms with Crippen molar-refractivity contribution in [2.75, 3.05) is 7.05 Å². The number of nitrogens with zero attached hydrogens (tertiary/aromatic N) is 6. The van der Waals surface area contributed by atoms with Crippen molar-refractivity contribution in [3.63, 3.8) is 0 Å². The highest BCUT2D eigenvalue weighted by Crippen LogP contribution is 2.26. The standard InChI is InChI=1S/C18H19BrN6O4/c1-3-24-16(13(19)10-20-24)11-22(2)18(26)14-8-9-23(21-14)12-29-17-7-5-4-6-15(17)25(27)28/h4-10H,3,11-12H2,1-2H3. The third-order valence-corrected chi connectivity index (χ3v) is 4.87. The SMILES string of the molecule is CCn1ncc(Br)c1CN(C)C(=O)c1ccn(COc2ccccc2[N+](=O)[O-])n1. The van der Waals surface area contributed by atoms with Crippen LogP contribution in [0.2, 0.25) is 0 Å². The van der Waals surface area contributed by atoms with Gasteiger partial charge in [0, 0.05) is 25.9 Å². The van der Waals surface area contributed by atoms with Gasteiger partial charge in [0.25, 0.3) is 5.91 Å². The molecule has 2 heterocycles. The van der Waals surface area contributed by atoms with E-state index in [1.165, 1.54) is 16.8 Å². The normalized spacial score (nSPS) is 10.7. The summed E-state index contributed by atoms with van der Waals surface area (Å²) in [6.45, 7) is 2.98. The van der Waals surface area contributed by atoms with Gasteiger partial charge in [-0.1, -0.05) is 12.1 Å². The Morgan fingerprint density at radius 3 is 2.83 bits per heavy atom. The Morgan fingerprint density at radius 1 is 1.34 bits per heavy atom. The van der Waals surface area contributed by atoms with E-state index >= 15 is 0 Å². The first kappa shape index (κ1) is 20.5. The highest BCUT2D eigenvalue weighted by Gasteiger charge is 2.19. The molecule has 0 saturated carbocycles. The first-order chi connectivity index (χ1) is 13.9. The molecular formula is C18H19BrN6O4. The molecule has 0 atom stereocenters. The Bertz CT molecular complexity index is 1030. The summed E-state index contributed by atoms with van der Waals surface area (Å²) >= 11 is 3.45. The van der Waals surface area contributed by atoms with Gasteiger partial charge in [-0.2, -0.15) is 10.2 Å². The van der Waals surface area contributed by atoms with E-state index in [2.05, 4.69) is 26.1 Å². The predicted octanol–water partition coefficient (Wildman–Crippen LogP) is 3.08. The topological polar surface area (TPSA) is 108 Å². The average Bonchev–Trinajstić information content (AvgIpc) is 3.33. The van der Waals surface area contributed by atoms with E-state index in [-0.39, 0.29) is 29.8 Å². The lowest BCUT2D eigenvalue weighted by molar-refractivity contribution is -0.386. The molecule has 0 aliphatic rings. The van der Waals surface area contributed by atoms with Crippen molar-refractivity contribution in [2.24, 2.45) is 0 Å². The molecule has 3 rings (SSSR count). The van der Waals surface area contributed by atoms with Crippen LogP contribution >= 0.6 is 15.9 Å². The lowest BCUT2D eigenvalue weighted by atomic mass is 10.3. The van der Waals surface area contributed by atoms with E-state index in [9.17, 15) is 14.9 Å². The molecule has 0 spiro atoms. The lowest BCUT2D eigenvalue weighted by Gasteiger charge is -2.17. The van der Waals surface area contributed by atoms with Crippen molar-refractivity contribution in [1.29, 1.82) is 0 Å². The third-order valence-electron chi connectivity index (χ3n) is 4.20.